The summed E-state index contributed by atoms with van der Waals surface area (Å²) in [5, 5.41) is 10.3. The van der Waals surface area contributed by atoms with Gasteiger partial charge in [0.2, 0.25) is 0 Å². The molecule has 2 aliphatic heterocycles. The molecule has 10 aliphatic carbocycles. The van der Waals surface area contributed by atoms with Gasteiger partial charge in [-0.3, -0.25) is 13.8 Å². The Bertz CT molecular complexity index is 2460. The van der Waals surface area contributed by atoms with E-state index in [1.807, 2.05) is 0 Å². The zero-order chi connectivity index (χ0) is 58.0. The van der Waals surface area contributed by atoms with Crippen LogP contribution in [-0.2, 0) is 42.8 Å². The number of fused-ring (bicyclic) bond motifs is 14. The summed E-state index contributed by atoms with van der Waals surface area (Å²) in [5.74, 6) is 6.43. The molecule has 0 aromatic heterocycles. The normalized spacial score (nSPS) is 49.7. The molecule has 10 saturated carbocycles. The Labute approximate surface area is 492 Å². The fourth-order valence-electron chi connectivity index (χ4n) is 25.2. The maximum Gasteiger partial charge on any atom is 0.264 e. The first kappa shape index (κ1) is 61.4. The van der Waals surface area contributed by atoms with E-state index in [9.17, 15) is 23.1 Å². The van der Waals surface area contributed by atoms with Gasteiger partial charge in [0.05, 0.1) is 32.7 Å². The topological polar surface area (TPSA) is 135 Å². The third-order valence-corrected chi connectivity index (χ3v) is 30.3. The third kappa shape index (κ3) is 9.80. The van der Waals surface area contributed by atoms with Crippen molar-refractivity contribution in [2.24, 2.45) is 113 Å². The average Bonchev–Trinajstić information content (AvgIpc) is 4.05. The Hall–Kier alpha value is -1.21. The van der Waals surface area contributed by atoms with Gasteiger partial charge in [-0.15, -0.1) is 0 Å². The monoisotopic (exact) mass is 1150 g/mol. The van der Waals surface area contributed by atoms with E-state index < -0.39 is 10.1 Å². The number of aliphatic hydroxyl groups is 1. The van der Waals surface area contributed by atoms with Crippen molar-refractivity contribution in [3.05, 3.63) is 12.2 Å². The standard InChI is InChI=1S/C35H58O6S.C35H56O4/c1-31(2)26-13-17-34(5)27(32(26,3)16-14-28(31)36)11-10-25-30-24(15-22-41-42(6,37)38)12-18-35(30,20-19-33(25,34)4)23-40-29-9-7-8-21-39-29;1-23(21-36)24-12-17-35(22-39-29-9-7-8-20-38-29)19-18-33(5)25(30(24)35)10-11-27-32(4)15-14-28(37)31(2,3)26(32)13-16-34(27,33)6/h24-27,29-30H,7-23H2,1-6H3;24-27,29-30,36H,1,7-22H2,2-6H3/t2*24-,25+,26-,27+,29?,30+,32-,33+,34+,35+/m00/s1. The van der Waals surface area contributed by atoms with E-state index in [4.69, 9.17) is 23.1 Å². The van der Waals surface area contributed by atoms with Gasteiger partial charge in [0.15, 0.2) is 12.6 Å². The maximum atomic E-state index is 13.1. The van der Waals surface area contributed by atoms with E-state index in [1.54, 1.807) is 0 Å². The van der Waals surface area contributed by atoms with E-state index >= 15 is 0 Å². The lowest BCUT2D eigenvalue weighted by Crippen LogP contribution is -2.66. The molecule has 0 spiro atoms. The first-order valence-electron chi connectivity index (χ1n) is 33.8. The largest absolute Gasteiger partial charge is 0.392 e. The molecule has 12 rings (SSSR count). The van der Waals surface area contributed by atoms with E-state index in [0.717, 1.165) is 115 Å². The molecule has 460 valence electrons. The maximum absolute atomic E-state index is 13.1. The lowest BCUT2D eigenvalue weighted by atomic mass is 9.32. The molecule has 0 radical (unpaired) electrons. The highest BCUT2D eigenvalue weighted by atomic mass is 32.2. The second-order valence-corrected chi connectivity index (χ2v) is 34.8. The second kappa shape index (κ2) is 21.8. The van der Waals surface area contributed by atoms with Crippen molar-refractivity contribution in [2.45, 2.75) is 255 Å². The minimum atomic E-state index is -3.44. The Balaban J connectivity index is 0.000000171. The van der Waals surface area contributed by atoms with Crippen LogP contribution in [-0.4, -0.2) is 83.6 Å². The van der Waals surface area contributed by atoms with Crippen LogP contribution in [0, 0.1) is 113 Å². The van der Waals surface area contributed by atoms with E-state index in [2.05, 4.69) is 75.8 Å². The van der Waals surface area contributed by atoms with Crippen molar-refractivity contribution in [2.75, 3.05) is 45.9 Å². The van der Waals surface area contributed by atoms with Gasteiger partial charge in [-0.05, 0) is 269 Å². The van der Waals surface area contributed by atoms with Gasteiger partial charge in [0.1, 0.15) is 11.6 Å². The number of ketones is 2. The highest BCUT2D eigenvalue weighted by Crippen LogP contribution is 2.79. The fourth-order valence-corrected chi connectivity index (χ4v) is 25.6. The predicted octanol–water partition coefficient (Wildman–Crippen LogP) is 15.3. The Morgan fingerprint density at radius 1 is 0.543 bits per heavy atom. The van der Waals surface area contributed by atoms with Gasteiger partial charge >= 0.3 is 0 Å². The van der Waals surface area contributed by atoms with Gasteiger partial charge in [-0.1, -0.05) is 75.8 Å². The van der Waals surface area contributed by atoms with Gasteiger partial charge in [-0.25, -0.2) is 0 Å². The summed E-state index contributed by atoms with van der Waals surface area (Å²) < 4.78 is 54.2. The SMILES string of the molecule is C=C(CO)[C@@H]1CC[C@]2(COC3CCCCO3)CC[C@]3(C)[C@H](CC[C@@H]4[C@@]5(C)CCC(=O)C(C)(C)[C@@H]5CC[C@]43C)[C@@H]12.CC1(C)C(=O)CC[C@]2(C)[C@H]3CC[C@@H]4[C@H]5[C@H](CCOS(C)(=O)=O)CC[C@]5(COC5CCCCO5)CC[C@@]4(C)[C@]3(C)CC[C@@H]12. The molecule has 2 unspecified atom stereocenters. The first-order chi connectivity index (χ1) is 38.1. The van der Waals surface area contributed by atoms with Crippen LogP contribution in [0.5, 0.6) is 0 Å². The molecular formula is C70H114O10S. The van der Waals surface area contributed by atoms with E-state index in [0.29, 0.717) is 70.7 Å². The smallest absolute Gasteiger partial charge is 0.264 e. The lowest BCUT2D eigenvalue weighted by molar-refractivity contribution is -0.247. The van der Waals surface area contributed by atoms with Crippen molar-refractivity contribution in [3.8, 4) is 0 Å². The first-order valence-corrected chi connectivity index (χ1v) is 35.6. The van der Waals surface area contributed by atoms with Crippen molar-refractivity contribution in [1.29, 1.82) is 0 Å². The minimum absolute atomic E-state index is 0.0389. The highest BCUT2D eigenvalue weighted by Gasteiger charge is 2.73. The summed E-state index contributed by atoms with van der Waals surface area (Å²) in [6.45, 7) is 32.8. The van der Waals surface area contributed by atoms with Crippen molar-refractivity contribution in [3.63, 3.8) is 0 Å². The molecule has 0 bridgehead atoms. The van der Waals surface area contributed by atoms with Gasteiger partial charge in [0, 0.05) is 36.9 Å². The molecule has 10 nitrogen and oxygen atoms in total. The summed E-state index contributed by atoms with van der Waals surface area (Å²) in [6.07, 6.45) is 31.6. The number of carbonyl (C=O) groups is 2. The van der Waals surface area contributed by atoms with Crippen molar-refractivity contribution < 1.29 is 46.2 Å². The predicted molar refractivity (Wildman–Crippen MR) is 319 cm³/mol. The molecule has 12 aliphatic rings. The number of hydrogen-bond acceptors (Lipinski definition) is 10. The van der Waals surface area contributed by atoms with Gasteiger partial charge < -0.3 is 24.1 Å². The number of aliphatic hydroxyl groups excluding tert-OH is 1. The van der Waals surface area contributed by atoms with Crippen LogP contribution in [0.15, 0.2) is 12.2 Å². The fraction of sp³-hybridized carbons (Fsp3) is 0.943. The summed E-state index contributed by atoms with van der Waals surface area (Å²) in [7, 11) is -3.44. The summed E-state index contributed by atoms with van der Waals surface area (Å²) in [6, 6.07) is 0. The molecule has 0 aromatic rings. The van der Waals surface area contributed by atoms with Crippen LogP contribution in [0.1, 0.15) is 243 Å². The number of Topliss-reactive ketones (excluding diaryl/α,β-unsaturated/α-hetero) is 2. The Kier molecular flexibility index (Phi) is 16.6. The zero-order valence-electron chi connectivity index (χ0n) is 53.0. The molecule has 12 fully saturated rings. The molecule has 11 heteroatoms. The summed E-state index contributed by atoms with van der Waals surface area (Å²) in [5.41, 5.74) is 2.44. The van der Waals surface area contributed by atoms with Crippen LogP contribution in [0.25, 0.3) is 0 Å². The Morgan fingerprint density at radius 3 is 1.47 bits per heavy atom. The summed E-state index contributed by atoms with van der Waals surface area (Å²) >= 11 is 0. The molecule has 2 heterocycles. The van der Waals surface area contributed by atoms with Crippen LogP contribution < -0.4 is 0 Å². The quantitative estimate of drug-likeness (QED) is 0.149. The molecule has 20 atom stereocenters. The minimum Gasteiger partial charge on any atom is -0.392 e. The summed E-state index contributed by atoms with van der Waals surface area (Å²) in [4.78, 5) is 26.2. The number of ether oxygens (including phenoxy) is 4. The zero-order valence-corrected chi connectivity index (χ0v) is 53.8. The molecule has 81 heavy (non-hydrogen) atoms. The lowest BCUT2D eigenvalue weighted by Gasteiger charge is -2.72. The molecular weight excluding hydrogens is 1030 g/mol. The van der Waals surface area contributed by atoms with Crippen LogP contribution >= 0.6 is 0 Å². The molecule has 0 amide bonds. The van der Waals surface area contributed by atoms with Gasteiger partial charge in [0.25, 0.3) is 10.1 Å². The number of hydrogen-bond donors (Lipinski definition) is 1. The molecule has 0 aromatic carbocycles. The van der Waals surface area contributed by atoms with Crippen molar-refractivity contribution >= 4 is 21.7 Å². The van der Waals surface area contributed by atoms with Crippen LogP contribution in [0.3, 0.4) is 0 Å². The molecule has 2 saturated heterocycles. The van der Waals surface area contributed by atoms with Gasteiger partial charge in [-0.2, -0.15) is 8.42 Å². The molecule has 1 N–H and O–H groups in total. The average molecular weight is 1150 g/mol. The number of rotatable bonds is 12. The van der Waals surface area contributed by atoms with E-state index in [-0.39, 0.29) is 79.9 Å². The third-order valence-electron chi connectivity index (χ3n) is 29.7. The Morgan fingerprint density at radius 2 is 1.01 bits per heavy atom. The van der Waals surface area contributed by atoms with Crippen LogP contribution in [0.2, 0.25) is 0 Å². The van der Waals surface area contributed by atoms with Crippen LogP contribution in [0.4, 0.5) is 0 Å². The highest BCUT2D eigenvalue weighted by molar-refractivity contribution is 7.85. The van der Waals surface area contributed by atoms with E-state index in [1.165, 1.54) is 96.1 Å². The van der Waals surface area contributed by atoms with Crippen molar-refractivity contribution in [1.82, 2.24) is 0 Å². The number of carbonyl (C=O) groups excluding carboxylic acids is 2. The second-order valence-electron chi connectivity index (χ2n) is 33.2.